The number of benzene rings is 2. The van der Waals surface area contributed by atoms with Gasteiger partial charge in [0.15, 0.2) is 0 Å². The largest absolute Gasteiger partial charge is 0.338 e. The van der Waals surface area contributed by atoms with E-state index in [0.717, 1.165) is 41.1 Å². The number of hydrogen-bond donors (Lipinski definition) is 3. The highest BCUT2D eigenvalue weighted by Crippen LogP contribution is 2.26. The predicted molar refractivity (Wildman–Crippen MR) is 86.5 cm³/mol. The van der Waals surface area contributed by atoms with Crippen molar-refractivity contribution in [3.8, 4) is 0 Å². The fourth-order valence-corrected chi connectivity index (χ4v) is 3.15. The summed E-state index contributed by atoms with van der Waals surface area (Å²) < 4.78 is 0. The van der Waals surface area contributed by atoms with Crippen LogP contribution < -0.4 is 10.4 Å². The van der Waals surface area contributed by atoms with Crippen LogP contribution in [0.1, 0.15) is 21.5 Å². The van der Waals surface area contributed by atoms with Crippen LogP contribution in [0.3, 0.4) is 0 Å². The lowest BCUT2D eigenvalue weighted by molar-refractivity contribution is 0.0705. The molecule has 0 aliphatic carbocycles. The van der Waals surface area contributed by atoms with E-state index in [9.17, 15) is 4.79 Å². The van der Waals surface area contributed by atoms with E-state index in [1.165, 1.54) is 0 Å². The van der Waals surface area contributed by atoms with Crippen molar-refractivity contribution in [2.45, 2.75) is 13.0 Å². The Bertz CT molecular complexity index is 854. The van der Waals surface area contributed by atoms with Crippen molar-refractivity contribution in [3.05, 3.63) is 59.2 Å². The Hall–Kier alpha value is -2.86. The summed E-state index contributed by atoms with van der Waals surface area (Å²) in [4.78, 5) is 21.9. The van der Waals surface area contributed by atoms with E-state index in [1.807, 2.05) is 36.4 Å². The van der Waals surface area contributed by atoms with E-state index >= 15 is 0 Å². The molecule has 116 valence electrons. The summed E-state index contributed by atoms with van der Waals surface area (Å²) in [6.45, 7) is 1.45. The number of nitrogens with zero attached hydrogens (tertiary/aromatic N) is 2. The summed E-state index contributed by atoms with van der Waals surface area (Å²) in [7, 11) is 0. The maximum atomic E-state index is 11.8. The normalized spacial score (nSPS) is 13.9. The van der Waals surface area contributed by atoms with Gasteiger partial charge in [0, 0.05) is 18.7 Å². The minimum atomic E-state index is -0.459. The quantitative estimate of drug-likeness (QED) is 0.501. The third-order valence-corrected chi connectivity index (χ3v) is 4.29. The van der Waals surface area contributed by atoms with Gasteiger partial charge in [-0.3, -0.25) is 10.0 Å². The number of nitrogens with one attached hydrogen (secondary N) is 2. The third-order valence-electron chi connectivity index (χ3n) is 4.29. The standard InChI is InChI=1S/C17H16N4O2/c22-16(20-23)13-5-3-4-11-10-21(9-8-12(11)13)17-18-14-6-1-2-7-15(14)19-17/h1-7,23H,8-10H2,(H,18,19)(H,20,22). The molecular formula is C17H16N4O2. The second-order valence-corrected chi connectivity index (χ2v) is 5.63. The number of aromatic amines is 1. The Morgan fingerprint density at radius 2 is 2.09 bits per heavy atom. The van der Waals surface area contributed by atoms with Crippen LogP contribution in [0.25, 0.3) is 11.0 Å². The summed E-state index contributed by atoms with van der Waals surface area (Å²) in [6, 6.07) is 13.5. The third kappa shape index (κ3) is 2.33. The van der Waals surface area contributed by atoms with Gasteiger partial charge in [-0.25, -0.2) is 10.5 Å². The maximum absolute atomic E-state index is 11.8. The number of carbonyl (C=O) groups excluding carboxylic acids is 1. The summed E-state index contributed by atoms with van der Waals surface area (Å²) in [6.07, 6.45) is 0.732. The molecule has 0 unspecified atom stereocenters. The Kier molecular flexibility index (Phi) is 3.24. The molecular weight excluding hydrogens is 292 g/mol. The Labute approximate surface area is 132 Å². The first-order valence-electron chi connectivity index (χ1n) is 7.51. The van der Waals surface area contributed by atoms with Gasteiger partial charge in [0.05, 0.1) is 11.0 Å². The first-order valence-corrected chi connectivity index (χ1v) is 7.51. The lowest BCUT2D eigenvalue weighted by Crippen LogP contribution is -2.33. The van der Waals surface area contributed by atoms with Crippen LogP contribution in [-0.2, 0) is 13.0 Å². The van der Waals surface area contributed by atoms with Crippen LogP contribution in [0.4, 0.5) is 5.95 Å². The number of imidazole rings is 1. The number of para-hydroxylation sites is 2. The molecule has 0 fully saturated rings. The van der Waals surface area contributed by atoms with Gasteiger partial charge in [0.25, 0.3) is 5.91 Å². The van der Waals surface area contributed by atoms with E-state index in [4.69, 9.17) is 5.21 Å². The van der Waals surface area contributed by atoms with Crippen LogP contribution in [0.15, 0.2) is 42.5 Å². The Balaban J connectivity index is 1.67. The fourth-order valence-electron chi connectivity index (χ4n) is 3.15. The molecule has 1 amide bonds. The minimum absolute atomic E-state index is 0.459. The van der Waals surface area contributed by atoms with Crippen LogP contribution in [0, 0.1) is 0 Å². The second kappa shape index (κ2) is 5.40. The van der Waals surface area contributed by atoms with Crippen LogP contribution in [0.2, 0.25) is 0 Å². The van der Waals surface area contributed by atoms with Crippen LogP contribution in [0.5, 0.6) is 0 Å². The van der Waals surface area contributed by atoms with Gasteiger partial charge in [0.1, 0.15) is 0 Å². The lowest BCUT2D eigenvalue weighted by Gasteiger charge is -2.29. The van der Waals surface area contributed by atoms with Gasteiger partial charge in [-0.1, -0.05) is 24.3 Å². The van der Waals surface area contributed by atoms with Crippen molar-refractivity contribution in [2.24, 2.45) is 0 Å². The molecule has 0 bridgehead atoms. The molecule has 0 atom stereocenters. The molecule has 2 heterocycles. The van der Waals surface area contributed by atoms with Crippen LogP contribution in [-0.4, -0.2) is 27.6 Å². The molecule has 6 heteroatoms. The zero-order chi connectivity index (χ0) is 15.8. The van der Waals surface area contributed by atoms with Gasteiger partial charge in [-0.15, -0.1) is 0 Å². The van der Waals surface area contributed by atoms with Crippen molar-refractivity contribution < 1.29 is 10.0 Å². The summed E-state index contributed by atoms with van der Waals surface area (Å²) in [5.41, 5.74) is 6.29. The first kappa shape index (κ1) is 13.8. The average Bonchev–Trinajstić information content (AvgIpc) is 3.04. The number of H-pyrrole nitrogens is 1. The number of fused-ring (bicyclic) bond motifs is 2. The predicted octanol–water partition coefficient (Wildman–Crippen LogP) is 2.24. The molecule has 1 aromatic heterocycles. The number of rotatable bonds is 2. The fraction of sp³-hybridized carbons (Fsp3) is 0.176. The molecule has 3 aromatic rings. The number of carbonyl (C=O) groups is 1. The first-order chi connectivity index (χ1) is 11.3. The summed E-state index contributed by atoms with van der Waals surface area (Å²) in [5, 5.41) is 8.88. The summed E-state index contributed by atoms with van der Waals surface area (Å²) >= 11 is 0. The van der Waals surface area contributed by atoms with Crippen molar-refractivity contribution in [3.63, 3.8) is 0 Å². The van der Waals surface area contributed by atoms with E-state index < -0.39 is 5.91 Å². The molecule has 1 aliphatic heterocycles. The van der Waals surface area contributed by atoms with Gasteiger partial charge in [0.2, 0.25) is 5.95 Å². The van der Waals surface area contributed by atoms with Crippen molar-refractivity contribution in [1.29, 1.82) is 0 Å². The van der Waals surface area contributed by atoms with Crippen molar-refractivity contribution in [2.75, 3.05) is 11.4 Å². The molecule has 23 heavy (non-hydrogen) atoms. The number of aromatic nitrogens is 2. The van der Waals surface area contributed by atoms with Gasteiger partial charge in [-0.2, -0.15) is 0 Å². The number of hydroxylamine groups is 1. The Morgan fingerprint density at radius 3 is 2.91 bits per heavy atom. The average molecular weight is 308 g/mol. The Morgan fingerprint density at radius 1 is 1.22 bits per heavy atom. The van der Waals surface area contributed by atoms with Gasteiger partial charge >= 0.3 is 0 Å². The van der Waals surface area contributed by atoms with Crippen molar-refractivity contribution >= 4 is 22.9 Å². The second-order valence-electron chi connectivity index (χ2n) is 5.63. The molecule has 6 nitrogen and oxygen atoms in total. The molecule has 0 radical (unpaired) electrons. The smallest absolute Gasteiger partial charge is 0.274 e. The van der Waals surface area contributed by atoms with Gasteiger partial charge in [-0.05, 0) is 35.7 Å². The van der Waals surface area contributed by atoms with E-state index in [-0.39, 0.29) is 0 Å². The van der Waals surface area contributed by atoms with Crippen LogP contribution >= 0.6 is 0 Å². The highest BCUT2D eigenvalue weighted by atomic mass is 16.5. The number of anilines is 1. The van der Waals surface area contributed by atoms with Gasteiger partial charge < -0.3 is 9.88 Å². The lowest BCUT2D eigenvalue weighted by atomic mass is 9.94. The van der Waals surface area contributed by atoms with E-state index in [1.54, 1.807) is 11.5 Å². The molecule has 2 aromatic carbocycles. The minimum Gasteiger partial charge on any atom is -0.338 e. The maximum Gasteiger partial charge on any atom is 0.274 e. The number of amides is 1. The highest BCUT2D eigenvalue weighted by molar-refractivity contribution is 5.95. The monoisotopic (exact) mass is 308 g/mol. The molecule has 0 spiro atoms. The van der Waals surface area contributed by atoms with E-state index in [0.29, 0.717) is 12.1 Å². The zero-order valence-electron chi connectivity index (χ0n) is 12.4. The molecule has 4 rings (SSSR count). The van der Waals surface area contributed by atoms with E-state index in [2.05, 4.69) is 14.9 Å². The SMILES string of the molecule is O=C(NO)c1cccc2c1CCN(c1nc3ccccc3[nH]1)C2. The number of hydrogen-bond acceptors (Lipinski definition) is 4. The summed E-state index contributed by atoms with van der Waals surface area (Å²) in [5.74, 6) is 0.382. The molecule has 0 saturated carbocycles. The van der Waals surface area contributed by atoms with Crippen molar-refractivity contribution in [1.82, 2.24) is 15.4 Å². The zero-order valence-corrected chi connectivity index (χ0v) is 12.4. The highest BCUT2D eigenvalue weighted by Gasteiger charge is 2.23. The topological polar surface area (TPSA) is 81.2 Å². The molecule has 0 saturated heterocycles. The molecule has 1 aliphatic rings. The molecule has 3 N–H and O–H groups in total.